The summed E-state index contributed by atoms with van der Waals surface area (Å²) in [4.78, 5) is 12.5. The number of nitrogens with two attached hydrogens (primary N) is 1. The Labute approximate surface area is 187 Å². The van der Waals surface area contributed by atoms with Crippen LogP contribution in [0, 0.1) is 11.3 Å². The topological polar surface area (TPSA) is 94.6 Å². The van der Waals surface area contributed by atoms with Gasteiger partial charge in [-0.3, -0.25) is 0 Å². The van der Waals surface area contributed by atoms with Gasteiger partial charge in [0.15, 0.2) is 0 Å². The molecule has 0 saturated carbocycles. The van der Waals surface area contributed by atoms with Crippen molar-refractivity contribution in [2.45, 2.75) is 19.4 Å². The Bertz CT molecular complexity index is 1090. The maximum atomic E-state index is 12.5. The minimum atomic E-state index is -0.797. The highest BCUT2D eigenvalue weighted by Gasteiger charge is 2.37. The standard InChI is InChI=1S/C22H18BrClN2O4/c1-12-19(22(27)28-2)20(17(10-25)21(26)30-12)16-9-14(23)5-8-18(16)29-11-13-3-6-15(24)7-4-13/h3-9,20H,11,26H2,1-2H3/t20-/m0/s1. The lowest BCUT2D eigenvalue weighted by Crippen LogP contribution is -2.25. The summed E-state index contributed by atoms with van der Waals surface area (Å²) < 4.78 is 17.2. The van der Waals surface area contributed by atoms with Crippen molar-refractivity contribution in [3.05, 3.63) is 85.9 Å². The number of ether oxygens (including phenoxy) is 3. The average Bonchev–Trinajstić information content (AvgIpc) is 2.73. The lowest BCUT2D eigenvalue weighted by molar-refractivity contribution is -0.136. The Hall–Kier alpha value is -2.95. The maximum absolute atomic E-state index is 12.5. The molecule has 0 aliphatic carbocycles. The molecule has 2 N–H and O–H groups in total. The molecule has 1 aliphatic rings. The first-order chi connectivity index (χ1) is 14.3. The Balaban J connectivity index is 2.08. The van der Waals surface area contributed by atoms with Crippen LogP contribution in [-0.2, 0) is 20.9 Å². The van der Waals surface area contributed by atoms with Crippen LogP contribution in [-0.4, -0.2) is 13.1 Å². The lowest BCUT2D eigenvalue weighted by Gasteiger charge is -2.28. The van der Waals surface area contributed by atoms with Crippen molar-refractivity contribution in [2.75, 3.05) is 7.11 Å². The quantitative estimate of drug-likeness (QED) is 0.598. The summed E-state index contributed by atoms with van der Waals surface area (Å²) in [6.45, 7) is 1.87. The first-order valence-corrected chi connectivity index (χ1v) is 10.1. The van der Waals surface area contributed by atoms with Crippen molar-refractivity contribution in [3.8, 4) is 11.8 Å². The summed E-state index contributed by atoms with van der Waals surface area (Å²) in [7, 11) is 1.27. The number of halogens is 2. The van der Waals surface area contributed by atoms with Crippen LogP contribution in [0.5, 0.6) is 5.75 Å². The number of nitrogens with zero attached hydrogens (tertiary/aromatic N) is 1. The molecule has 1 heterocycles. The summed E-state index contributed by atoms with van der Waals surface area (Å²) >= 11 is 9.39. The van der Waals surface area contributed by atoms with E-state index in [4.69, 9.17) is 31.5 Å². The van der Waals surface area contributed by atoms with Crippen molar-refractivity contribution >= 4 is 33.5 Å². The van der Waals surface area contributed by atoms with Gasteiger partial charge in [0.25, 0.3) is 0 Å². The predicted octanol–water partition coefficient (Wildman–Crippen LogP) is 4.94. The molecule has 0 fully saturated rings. The number of carbonyl (C=O) groups is 1. The van der Waals surface area contributed by atoms with Crippen molar-refractivity contribution < 1.29 is 19.0 Å². The minimum absolute atomic E-state index is 0.0590. The molecule has 6 nitrogen and oxygen atoms in total. The van der Waals surface area contributed by atoms with Crippen molar-refractivity contribution in [3.63, 3.8) is 0 Å². The SMILES string of the molecule is COC(=O)C1=C(C)OC(N)=C(C#N)[C@@H]1c1cc(Br)ccc1OCc1ccc(Cl)cc1. The zero-order chi connectivity index (χ0) is 21.8. The van der Waals surface area contributed by atoms with E-state index in [1.54, 1.807) is 31.2 Å². The van der Waals surface area contributed by atoms with Crippen LogP contribution in [0.2, 0.25) is 5.02 Å². The van der Waals surface area contributed by atoms with Gasteiger partial charge in [0.2, 0.25) is 5.88 Å². The second kappa shape index (κ2) is 9.24. The summed E-state index contributed by atoms with van der Waals surface area (Å²) in [6.07, 6.45) is 0. The zero-order valence-corrected chi connectivity index (χ0v) is 18.6. The van der Waals surface area contributed by atoms with E-state index >= 15 is 0 Å². The molecule has 0 aromatic heterocycles. The number of methoxy groups -OCH3 is 1. The molecular weight excluding hydrogens is 472 g/mol. The third-order valence-corrected chi connectivity index (χ3v) is 5.35. The average molecular weight is 490 g/mol. The number of benzene rings is 2. The van der Waals surface area contributed by atoms with Crippen LogP contribution in [0.3, 0.4) is 0 Å². The summed E-state index contributed by atoms with van der Waals surface area (Å²) in [5, 5.41) is 10.4. The number of allylic oxidation sites excluding steroid dienone is 2. The molecule has 8 heteroatoms. The Morgan fingerprint density at radius 3 is 2.63 bits per heavy atom. The van der Waals surface area contributed by atoms with Gasteiger partial charge < -0.3 is 19.9 Å². The molecule has 0 spiro atoms. The van der Waals surface area contributed by atoms with E-state index in [0.717, 1.165) is 10.0 Å². The van der Waals surface area contributed by atoms with E-state index in [2.05, 4.69) is 22.0 Å². The highest BCUT2D eigenvalue weighted by atomic mass is 79.9. The number of carbonyl (C=O) groups excluding carboxylic acids is 1. The Morgan fingerprint density at radius 2 is 2.00 bits per heavy atom. The smallest absolute Gasteiger partial charge is 0.338 e. The van der Waals surface area contributed by atoms with Crippen LogP contribution < -0.4 is 10.5 Å². The number of esters is 1. The van der Waals surface area contributed by atoms with Gasteiger partial charge in [-0.2, -0.15) is 5.26 Å². The predicted molar refractivity (Wildman–Crippen MR) is 115 cm³/mol. The molecule has 2 aromatic carbocycles. The highest BCUT2D eigenvalue weighted by Crippen LogP contribution is 2.44. The van der Waals surface area contributed by atoms with Gasteiger partial charge in [-0.25, -0.2) is 4.79 Å². The van der Waals surface area contributed by atoms with E-state index in [1.807, 2.05) is 18.2 Å². The fraction of sp³-hybridized carbons (Fsp3) is 0.182. The highest BCUT2D eigenvalue weighted by molar-refractivity contribution is 9.10. The number of hydrogen-bond acceptors (Lipinski definition) is 6. The molecule has 3 rings (SSSR count). The van der Waals surface area contributed by atoms with Crippen molar-refractivity contribution in [1.82, 2.24) is 0 Å². The first kappa shape index (κ1) is 21.8. The van der Waals surface area contributed by atoms with E-state index in [-0.39, 0.29) is 29.4 Å². The van der Waals surface area contributed by atoms with E-state index in [0.29, 0.717) is 16.3 Å². The second-order valence-corrected chi connectivity index (χ2v) is 7.84. The molecule has 154 valence electrons. The van der Waals surface area contributed by atoms with Gasteiger partial charge in [-0.1, -0.05) is 39.7 Å². The van der Waals surface area contributed by atoms with Crippen LogP contribution in [0.1, 0.15) is 24.0 Å². The van der Waals surface area contributed by atoms with Gasteiger partial charge in [0, 0.05) is 15.1 Å². The fourth-order valence-electron chi connectivity index (χ4n) is 3.19. The van der Waals surface area contributed by atoms with Crippen LogP contribution in [0.4, 0.5) is 0 Å². The monoisotopic (exact) mass is 488 g/mol. The fourth-order valence-corrected chi connectivity index (χ4v) is 3.69. The maximum Gasteiger partial charge on any atom is 0.338 e. The molecule has 0 bridgehead atoms. The first-order valence-electron chi connectivity index (χ1n) is 8.89. The van der Waals surface area contributed by atoms with Gasteiger partial charge in [0.05, 0.1) is 18.6 Å². The normalized spacial score (nSPS) is 16.0. The van der Waals surface area contributed by atoms with Crippen LogP contribution in [0.25, 0.3) is 0 Å². The third kappa shape index (κ3) is 4.45. The summed E-state index contributed by atoms with van der Waals surface area (Å²) in [6, 6.07) is 14.7. The van der Waals surface area contributed by atoms with Gasteiger partial charge >= 0.3 is 5.97 Å². The van der Waals surface area contributed by atoms with Gasteiger partial charge in [0.1, 0.15) is 29.8 Å². The molecule has 0 saturated heterocycles. The summed E-state index contributed by atoms with van der Waals surface area (Å²) in [5.41, 5.74) is 7.76. The Kier molecular flexibility index (Phi) is 6.70. The van der Waals surface area contributed by atoms with Gasteiger partial charge in [-0.15, -0.1) is 0 Å². The number of rotatable bonds is 5. The lowest BCUT2D eigenvalue weighted by atomic mass is 9.82. The number of hydrogen-bond donors (Lipinski definition) is 1. The van der Waals surface area contributed by atoms with E-state index in [1.165, 1.54) is 7.11 Å². The Morgan fingerprint density at radius 1 is 1.30 bits per heavy atom. The molecule has 2 aromatic rings. The zero-order valence-electron chi connectivity index (χ0n) is 16.2. The van der Waals surface area contributed by atoms with Crippen molar-refractivity contribution in [1.29, 1.82) is 5.26 Å². The summed E-state index contributed by atoms with van der Waals surface area (Å²) in [5.74, 6) is -0.701. The van der Waals surface area contributed by atoms with Crippen LogP contribution >= 0.6 is 27.5 Å². The molecular formula is C22H18BrClN2O4. The number of nitriles is 1. The van der Waals surface area contributed by atoms with Gasteiger partial charge in [-0.05, 0) is 42.8 Å². The molecule has 0 unspecified atom stereocenters. The minimum Gasteiger partial charge on any atom is -0.489 e. The molecule has 0 amide bonds. The molecule has 1 atom stereocenters. The molecule has 1 aliphatic heterocycles. The van der Waals surface area contributed by atoms with Crippen LogP contribution in [0.15, 0.2) is 69.7 Å². The molecule has 30 heavy (non-hydrogen) atoms. The molecule has 0 radical (unpaired) electrons. The third-order valence-electron chi connectivity index (χ3n) is 4.60. The van der Waals surface area contributed by atoms with E-state index < -0.39 is 11.9 Å². The van der Waals surface area contributed by atoms with E-state index in [9.17, 15) is 10.1 Å². The van der Waals surface area contributed by atoms with Crippen molar-refractivity contribution in [2.24, 2.45) is 5.73 Å². The second-order valence-electron chi connectivity index (χ2n) is 6.48. The largest absolute Gasteiger partial charge is 0.489 e.